The van der Waals surface area contributed by atoms with Crippen LogP contribution < -0.4 is 10.7 Å². The lowest BCUT2D eigenvalue weighted by molar-refractivity contribution is -0.118. The third-order valence-corrected chi connectivity index (χ3v) is 4.37. The van der Waals surface area contributed by atoms with Gasteiger partial charge in [0.15, 0.2) is 0 Å². The number of carbonyl (C=O) groups is 3. The number of hydrogen-bond acceptors (Lipinski definition) is 4. The molecule has 9 heteroatoms. The minimum atomic E-state index is -0.702. The molecule has 0 radical (unpaired) electrons. The molecule has 1 fully saturated rings. The van der Waals surface area contributed by atoms with Gasteiger partial charge >= 0.3 is 6.03 Å². The van der Waals surface area contributed by atoms with Gasteiger partial charge in [0.1, 0.15) is 18.1 Å². The fourth-order valence-electron chi connectivity index (χ4n) is 2.99. The molecule has 0 unspecified atom stereocenters. The molecule has 0 aliphatic carbocycles. The minimum absolute atomic E-state index is 0.201. The van der Waals surface area contributed by atoms with Gasteiger partial charge in [-0.3, -0.25) is 20.3 Å². The highest BCUT2D eigenvalue weighted by atomic mass is 19.1. The molecule has 0 atom stereocenters. The van der Waals surface area contributed by atoms with Crippen LogP contribution in [0.2, 0.25) is 0 Å². The van der Waals surface area contributed by atoms with Crippen LogP contribution in [0.5, 0.6) is 0 Å². The van der Waals surface area contributed by atoms with E-state index in [2.05, 4.69) is 15.8 Å². The SMILES string of the molecule is Cc1cccc(-c2nn(-c3ccc(F)cc3)cc2C(=O)NN2CC(=O)NC2=O)c1. The summed E-state index contributed by atoms with van der Waals surface area (Å²) in [5.74, 6) is -1.49. The van der Waals surface area contributed by atoms with Crippen LogP contribution in [-0.2, 0) is 4.79 Å². The lowest BCUT2D eigenvalue weighted by atomic mass is 10.1. The fourth-order valence-corrected chi connectivity index (χ4v) is 2.99. The van der Waals surface area contributed by atoms with Gasteiger partial charge in [-0.25, -0.2) is 18.9 Å². The second-order valence-corrected chi connectivity index (χ2v) is 6.56. The summed E-state index contributed by atoms with van der Waals surface area (Å²) in [4.78, 5) is 36.0. The highest BCUT2D eigenvalue weighted by Gasteiger charge is 2.30. The van der Waals surface area contributed by atoms with Crippen LogP contribution in [0.15, 0.2) is 54.7 Å². The Hall–Kier alpha value is -4.01. The highest BCUT2D eigenvalue weighted by Crippen LogP contribution is 2.25. The Balaban J connectivity index is 1.74. The van der Waals surface area contributed by atoms with Crippen molar-refractivity contribution in [2.45, 2.75) is 6.92 Å². The van der Waals surface area contributed by atoms with E-state index in [-0.39, 0.29) is 17.9 Å². The molecule has 146 valence electrons. The number of hydrogen-bond donors (Lipinski definition) is 2. The summed E-state index contributed by atoms with van der Waals surface area (Å²) in [5, 5.41) is 7.49. The quantitative estimate of drug-likeness (QED) is 0.664. The zero-order valence-corrected chi connectivity index (χ0v) is 15.3. The molecule has 0 saturated carbocycles. The third kappa shape index (κ3) is 3.70. The molecule has 2 heterocycles. The number of hydrazine groups is 1. The molecule has 8 nitrogen and oxygen atoms in total. The maximum atomic E-state index is 13.3. The van der Waals surface area contributed by atoms with Gasteiger partial charge in [0.05, 0.1) is 11.3 Å². The number of carbonyl (C=O) groups excluding carboxylic acids is 3. The van der Waals surface area contributed by atoms with E-state index in [0.717, 1.165) is 10.6 Å². The summed E-state index contributed by atoms with van der Waals surface area (Å²) in [6.45, 7) is 1.65. The first kappa shape index (κ1) is 18.4. The monoisotopic (exact) mass is 393 g/mol. The number of imide groups is 1. The van der Waals surface area contributed by atoms with Gasteiger partial charge in [0, 0.05) is 11.8 Å². The topological polar surface area (TPSA) is 96.3 Å². The van der Waals surface area contributed by atoms with E-state index in [9.17, 15) is 18.8 Å². The molecule has 4 amide bonds. The second kappa shape index (κ2) is 7.19. The molecule has 1 aromatic heterocycles. The average Bonchev–Trinajstić information content (AvgIpc) is 3.26. The third-order valence-electron chi connectivity index (χ3n) is 4.37. The molecule has 0 spiro atoms. The molecule has 1 aliphatic heterocycles. The van der Waals surface area contributed by atoms with Crippen LogP contribution in [0.1, 0.15) is 15.9 Å². The lowest BCUT2D eigenvalue weighted by Gasteiger charge is -2.14. The van der Waals surface area contributed by atoms with E-state index < -0.39 is 17.8 Å². The minimum Gasteiger partial charge on any atom is -0.275 e. The van der Waals surface area contributed by atoms with Gasteiger partial charge in [0.2, 0.25) is 5.91 Å². The van der Waals surface area contributed by atoms with Crippen molar-refractivity contribution in [2.75, 3.05) is 6.54 Å². The Morgan fingerprint density at radius 1 is 1.17 bits per heavy atom. The van der Waals surface area contributed by atoms with Gasteiger partial charge in [-0.2, -0.15) is 5.10 Å². The van der Waals surface area contributed by atoms with Crippen LogP contribution in [0.25, 0.3) is 16.9 Å². The molecular weight excluding hydrogens is 377 g/mol. The van der Waals surface area contributed by atoms with E-state index in [4.69, 9.17) is 0 Å². The number of rotatable bonds is 4. The maximum Gasteiger partial charge on any atom is 0.343 e. The molecule has 2 N–H and O–H groups in total. The smallest absolute Gasteiger partial charge is 0.275 e. The first-order valence-electron chi connectivity index (χ1n) is 8.76. The predicted octanol–water partition coefficient (Wildman–Crippen LogP) is 2.18. The number of nitrogens with one attached hydrogen (secondary N) is 2. The summed E-state index contributed by atoms with van der Waals surface area (Å²) in [5.41, 5.74) is 5.26. The van der Waals surface area contributed by atoms with Crippen LogP contribution in [0, 0.1) is 12.7 Å². The van der Waals surface area contributed by atoms with Crippen molar-refractivity contribution < 1.29 is 18.8 Å². The summed E-state index contributed by atoms with van der Waals surface area (Å²) >= 11 is 0. The zero-order chi connectivity index (χ0) is 20.5. The van der Waals surface area contributed by atoms with Gasteiger partial charge in [-0.15, -0.1) is 0 Å². The maximum absolute atomic E-state index is 13.3. The Morgan fingerprint density at radius 3 is 2.59 bits per heavy atom. The largest absolute Gasteiger partial charge is 0.343 e. The molecule has 1 saturated heterocycles. The Morgan fingerprint density at radius 2 is 1.93 bits per heavy atom. The summed E-state index contributed by atoms with van der Waals surface area (Å²) < 4.78 is 14.7. The van der Waals surface area contributed by atoms with Crippen molar-refractivity contribution in [3.05, 3.63) is 71.7 Å². The lowest BCUT2D eigenvalue weighted by Crippen LogP contribution is -2.44. The van der Waals surface area contributed by atoms with Crippen LogP contribution in [0.3, 0.4) is 0 Å². The normalized spacial score (nSPS) is 13.5. The summed E-state index contributed by atoms with van der Waals surface area (Å²) in [7, 11) is 0. The number of urea groups is 1. The number of nitrogens with zero attached hydrogens (tertiary/aromatic N) is 3. The standard InChI is InChI=1S/C20H16FN5O3/c1-12-3-2-4-13(9-12)18-16(19(28)24-26-11-17(27)22-20(26)29)10-25(23-18)15-7-5-14(21)6-8-15/h2-10H,11H2,1H3,(H,24,28)(H,22,27,29). The van der Waals surface area contributed by atoms with Gasteiger partial charge in [-0.05, 0) is 37.3 Å². The van der Waals surface area contributed by atoms with Crippen LogP contribution in [-0.4, -0.2) is 39.2 Å². The van der Waals surface area contributed by atoms with E-state index in [0.29, 0.717) is 16.9 Å². The van der Waals surface area contributed by atoms with Gasteiger partial charge in [0.25, 0.3) is 5.91 Å². The number of benzene rings is 2. The molecule has 0 bridgehead atoms. The van der Waals surface area contributed by atoms with E-state index in [1.54, 1.807) is 0 Å². The number of halogens is 1. The summed E-state index contributed by atoms with van der Waals surface area (Å²) in [6, 6.07) is 12.4. The average molecular weight is 393 g/mol. The van der Waals surface area contributed by atoms with Gasteiger partial charge < -0.3 is 0 Å². The summed E-state index contributed by atoms with van der Waals surface area (Å²) in [6.07, 6.45) is 1.50. The van der Waals surface area contributed by atoms with Crippen LogP contribution >= 0.6 is 0 Å². The molecular formula is C20H16FN5O3. The molecule has 1 aliphatic rings. The number of aryl methyl sites for hydroxylation is 1. The Labute approximate surface area is 164 Å². The van der Waals surface area contributed by atoms with Crippen molar-refractivity contribution in [3.63, 3.8) is 0 Å². The molecule has 4 rings (SSSR count). The van der Waals surface area contributed by atoms with Crippen molar-refractivity contribution in [1.82, 2.24) is 25.5 Å². The van der Waals surface area contributed by atoms with Crippen LogP contribution in [0.4, 0.5) is 9.18 Å². The molecule has 29 heavy (non-hydrogen) atoms. The molecule has 3 aromatic rings. The second-order valence-electron chi connectivity index (χ2n) is 6.56. The van der Waals surface area contributed by atoms with Crippen molar-refractivity contribution in [3.8, 4) is 16.9 Å². The van der Waals surface area contributed by atoms with Crippen molar-refractivity contribution >= 4 is 17.8 Å². The first-order valence-corrected chi connectivity index (χ1v) is 8.76. The van der Waals surface area contributed by atoms with E-state index in [1.165, 1.54) is 35.1 Å². The van der Waals surface area contributed by atoms with Gasteiger partial charge in [-0.1, -0.05) is 23.8 Å². The Bertz CT molecular complexity index is 1120. The highest BCUT2D eigenvalue weighted by molar-refractivity contribution is 6.05. The van der Waals surface area contributed by atoms with Crippen molar-refractivity contribution in [1.29, 1.82) is 0 Å². The van der Waals surface area contributed by atoms with E-state index >= 15 is 0 Å². The van der Waals surface area contributed by atoms with E-state index in [1.807, 2.05) is 31.2 Å². The predicted molar refractivity (Wildman–Crippen MR) is 101 cm³/mol. The molecule has 2 aromatic carbocycles. The fraction of sp³-hybridized carbons (Fsp3) is 0.100. The van der Waals surface area contributed by atoms with Crippen molar-refractivity contribution in [2.24, 2.45) is 0 Å². The Kier molecular flexibility index (Phi) is 4.55. The number of amides is 4. The number of aromatic nitrogens is 2. The first-order chi connectivity index (χ1) is 13.9. The zero-order valence-electron chi connectivity index (χ0n) is 15.3.